The fraction of sp³-hybridized carbons (Fsp3) is 0.429. The molecule has 0 fully saturated rings. The Labute approximate surface area is 91.4 Å². The first kappa shape index (κ1) is 10.4. The van der Waals surface area contributed by atoms with E-state index in [0.29, 0.717) is 5.92 Å². The Morgan fingerprint density at radius 3 is 2.60 bits per heavy atom. The molecule has 0 spiro atoms. The molecule has 0 aliphatic heterocycles. The number of aliphatic hydroxyl groups is 1. The summed E-state index contributed by atoms with van der Waals surface area (Å²) in [6.45, 7) is 2.07. The number of aryl methyl sites for hydroxylation is 1. The van der Waals surface area contributed by atoms with Crippen molar-refractivity contribution in [3.8, 4) is 0 Å². The maximum atomic E-state index is 10.2. The summed E-state index contributed by atoms with van der Waals surface area (Å²) >= 11 is 0. The van der Waals surface area contributed by atoms with Gasteiger partial charge in [0, 0.05) is 5.92 Å². The van der Waals surface area contributed by atoms with Crippen molar-refractivity contribution in [2.24, 2.45) is 5.92 Å². The first-order chi connectivity index (χ1) is 7.27. The van der Waals surface area contributed by atoms with Crippen molar-refractivity contribution in [1.82, 2.24) is 0 Å². The Morgan fingerprint density at radius 1 is 1.27 bits per heavy atom. The SMILES string of the molecule is Cc1ccc(C(O)C2C=CCCC2)cc1. The molecular formula is C14H18O. The van der Waals surface area contributed by atoms with Crippen LogP contribution in [0.15, 0.2) is 36.4 Å². The van der Waals surface area contributed by atoms with Crippen LogP contribution in [-0.4, -0.2) is 5.11 Å². The highest BCUT2D eigenvalue weighted by Gasteiger charge is 2.19. The van der Waals surface area contributed by atoms with Gasteiger partial charge in [0.15, 0.2) is 0 Å². The predicted octanol–water partition coefficient (Wildman–Crippen LogP) is 3.38. The Balaban J connectivity index is 2.12. The van der Waals surface area contributed by atoms with Gasteiger partial charge < -0.3 is 5.11 Å². The Hall–Kier alpha value is -1.08. The zero-order chi connectivity index (χ0) is 10.7. The largest absolute Gasteiger partial charge is 0.388 e. The molecule has 2 atom stereocenters. The van der Waals surface area contributed by atoms with Crippen molar-refractivity contribution in [2.45, 2.75) is 32.3 Å². The predicted molar refractivity (Wildman–Crippen MR) is 62.6 cm³/mol. The zero-order valence-corrected chi connectivity index (χ0v) is 9.19. The summed E-state index contributed by atoms with van der Waals surface area (Å²) in [6, 6.07) is 8.18. The van der Waals surface area contributed by atoms with Crippen LogP contribution < -0.4 is 0 Å². The Kier molecular flexibility index (Phi) is 3.22. The first-order valence-corrected chi connectivity index (χ1v) is 5.68. The van der Waals surface area contributed by atoms with Crippen LogP contribution in [0.25, 0.3) is 0 Å². The van der Waals surface area contributed by atoms with Crippen LogP contribution in [0.3, 0.4) is 0 Å². The first-order valence-electron chi connectivity index (χ1n) is 5.68. The minimum Gasteiger partial charge on any atom is -0.388 e. The maximum absolute atomic E-state index is 10.2. The summed E-state index contributed by atoms with van der Waals surface area (Å²) in [5.74, 6) is 0.307. The molecule has 0 amide bonds. The topological polar surface area (TPSA) is 20.2 Å². The van der Waals surface area contributed by atoms with Gasteiger partial charge in [0.1, 0.15) is 0 Å². The molecule has 2 rings (SSSR count). The summed E-state index contributed by atoms with van der Waals surface area (Å²) < 4.78 is 0. The van der Waals surface area contributed by atoms with Crippen molar-refractivity contribution in [3.63, 3.8) is 0 Å². The third kappa shape index (κ3) is 2.48. The number of benzene rings is 1. The molecule has 1 aromatic rings. The van der Waals surface area contributed by atoms with Gasteiger partial charge in [-0.3, -0.25) is 0 Å². The average molecular weight is 202 g/mol. The molecule has 15 heavy (non-hydrogen) atoms. The van der Waals surface area contributed by atoms with E-state index in [1.165, 1.54) is 12.0 Å². The van der Waals surface area contributed by atoms with Crippen molar-refractivity contribution >= 4 is 0 Å². The zero-order valence-electron chi connectivity index (χ0n) is 9.19. The quantitative estimate of drug-likeness (QED) is 0.729. The summed E-state index contributed by atoms with van der Waals surface area (Å²) in [7, 11) is 0. The molecule has 0 saturated carbocycles. The van der Waals surface area contributed by atoms with E-state index in [-0.39, 0.29) is 6.10 Å². The van der Waals surface area contributed by atoms with E-state index in [9.17, 15) is 5.11 Å². The van der Waals surface area contributed by atoms with Crippen LogP contribution in [0, 0.1) is 12.8 Å². The van der Waals surface area contributed by atoms with E-state index < -0.39 is 0 Å². The summed E-state index contributed by atoms with van der Waals surface area (Å²) in [4.78, 5) is 0. The summed E-state index contributed by atoms with van der Waals surface area (Å²) in [6.07, 6.45) is 7.48. The van der Waals surface area contributed by atoms with Crippen molar-refractivity contribution in [1.29, 1.82) is 0 Å². The number of hydrogen-bond donors (Lipinski definition) is 1. The molecule has 0 bridgehead atoms. The monoisotopic (exact) mass is 202 g/mol. The molecule has 1 aliphatic rings. The number of rotatable bonds is 2. The highest BCUT2D eigenvalue weighted by molar-refractivity contribution is 5.24. The summed E-state index contributed by atoms with van der Waals surface area (Å²) in [5.41, 5.74) is 2.28. The smallest absolute Gasteiger partial charge is 0.0852 e. The third-order valence-electron chi connectivity index (χ3n) is 3.12. The van der Waals surface area contributed by atoms with Crippen molar-refractivity contribution < 1.29 is 5.11 Å². The van der Waals surface area contributed by atoms with Crippen LogP contribution in [0.1, 0.15) is 36.5 Å². The van der Waals surface area contributed by atoms with E-state index in [4.69, 9.17) is 0 Å². The molecule has 1 aliphatic carbocycles. The van der Waals surface area contributed by atoms with Gasteiger partial charge in [0.05, 0.1) is 6.10 Å². The molecular weight excluding hydrogens is 184 g/mol. The van der Waals surface area contributed by atoms with Crippen molar-refractivity contribution in [3.05, 3.63) is 47.5 Å². The molecule has 0 saturated heterocycles. The van der Waals surface area contributed by atoms with Gasteiger partial charge in [-0.1, -0.05) is 42.0 Å². The molecule has 0 radical (unpaired) electrons. The van der Waals surface area contributed by atoms with E-state index >= 15 is 0 Å². The van der Waals surface area contributed by atoms with E-state index in [1.807, 2.05) is 12.1 Å². The fourth-order valence-electron chi connectivity index (χ4n) is 2.11. The molecule has 80 valence electrons. The van der Waals surface area contributed by atoms with Gasteiger partial charge in [-0.05, 0) is 31.7 Å². The lowest BCUT2D eigenvalue weighted by atomic mass is 9.87. The van der Waals surface area contributed by atoms with Gasteiger partial charge in [-0.25, -0.2) is 0 Å². The Bertz CT molecular complexity index is 337. The number of hydrogen-bond acceptors (Lipinski definition) is 1. The van der Waals surface area contributed by atoms with Gasteiger partial charge in [0.25, 0.3) is 0 Å². The second-order valence-electron chi connectivity index (χ2n) is 4.38. The van der Waals surface area contributed by atoms with Crippen LogP contribution in [0.4, 0.5) is 0 Å². The van der Waals surface area contributed by atoms with Gasteiger partial charge in [-0.2, -0.15) is 0 Å². The van der Waals surface area contributed by atoms with Crippen LogP contribution in [-0.2, 0) is 0 Å². The van der Waals surface area contributed by atoms with E-state index in [0.717, 1.165) is 18.4 Å². The van der Waals surface area contributed by atoms with Crippen LogP contribution in [0.2, 0.25) is 0 Å². The van der Waals surface area contributed by atoms with E-state index in [2.05, 4.69) is 31.2 Å². The summed E-state index contributed by atoms with van der Waals surface area (Å²) in [5, 5.41) is 10.2. The molecule has 2 unspecified atom stereocenters. The van der Waals surface area contributed by atoms with Gasteiger partial charge in [-0.15, -0.1) is 0 Å². The standard InChI is InChI=1S/C14H18O/c1-11-7-9-13(10-8-11)14(15)12-5-3-2-4-6-12/h3,5,7-10,12,14-15H,2,4,6H2,1H3. The minimum atomic E-state index is -0.331. The molecule has 1 aromatic carbocycles. The van der Waals surface area contributed by atoms with Gasteiger partial charge in [0.2, 0.25) is 0 Å². The second kappa shape index (κ2) is 4.63. The highest BCUT2D eigenvalue weighted by Crippen LogP contribution is 2.30. The lowest BCUT2D eigenvalue weighted by molar-refractivity contribution is 0.123. The Morgan fingerprint density at radius 2 is 2.00 bits per heavy atom. The number of aliphatic hydroxyl groups excluding tert-OH is 1. The van der Waals surface area contributed by atoms with Crippen LogP contribution >= 0.6 is 0 Å². The van der Waals surface area contributed by atoms with E-state index in [1.54, 1.807) is 0 Å². The molecule has 1 heteroatoms. The molecule has 1 N–H and O–H groups in total. The lowest BCUT2D eigenvalue weighted by Gasteiger charge is -2.22. The molecule has 0 aromatic heterocycles. The lowest BCUT2D eigenvalue weighted by Crippen LogP contribution is -2.12. The van der Waals surface area contributed by atoms with Crippen LogP contribution in [0.5, 0.6) is 0 Å². The molecule has 0 heterocycles. The van der Waals surface area contributed by atoms with Crippen molar-refractivity contribution in [2.75, 3.05) is 0 Å². The fourth-order valence-corrected chi connectivity index (χ4v) is 2.11. The minimum absolute atomic E-state index is 0.307. The second-order valence-corrected chi connectivity index (χ2v) is 4.38. The van der Waals surface area contributed by atoms with Gasteiger partial charge >= 0.3 is 0 Å². The maximum Gasteiger partial charge on any atom is 0.0852 e. The normalized spacial score (nSPS) is 22.7. The third-order valence-corrected chi connectivity index (χ3v) is 3.12. The average Bonchev–Trinajstić information content (AvgIpc) is 2.30. The number of allylic oxidation sites excluding steroid dienone is 1. The molecule has 1 nitrogen and oxygen atoms in total. The highest BCUT2D eigenvalue weighted by atomic mass is 16.3.